The van der Waals surface area contributed by atoms with Gasteiger partial charge in [0.1, 0.15) is 0 Å². The predicted octanol–water partition coefficient (Wildman–Crippen LogP) is 3.67. The Balaban J connectivity index is 2.09. The lowest BCUT2D eigenvalue weighted by Crippen LogP contribution is -2.34. The van der Waals surface area contributed by atoms with Gasteiger partial charge in [-0.05, 0) is 47.5 Å². The van der Waals surface area contributed by atoms with Crippen molar-refractivity contribution in [3.8, 4) is 0 Å². The molecule has 1 aromatic carbocycles. The first kappa shape index (κ1) is 16.0. The molecule has 124 valence electrons. The standard InChI is InChI=1S/C19H26N2O2/c1-18(2)12-8-9-19(3,11-12)17(18)14-7-5-4-6-13(14)15(21-23)10-16(20)22/h4-7,12,17,23H,8-11H2,1-3H3,(H2,20,22). The maximum Gasteiger partial charge on any atom is 0.223 e. The summed E-state index contributed by atoms with van der Waals surface area (Å²) >= 11 is 0. The van der Waals surface area contributed by atoms with Crippen LogP contribution in [0.1, 0.15) is 63.5 Å². The second-order valence-corrected chi connectivity index (χ2v) is 8.13. The average Bonchev–Trinajstić information content (AvgIpc) is 2.96. The summed E-state index contributed by atoms with van der Waals surface area (Å²) in [5.41, 5.74) is 8.22. The summed E-state index contributed by atoms with van der Waals surface area (Å²) in [5.74, 6) is 0.650. The molecule has 0 spiro atoms. The van der Waals surface area contributed by atoms with Gasteiger partial charge >= 0.3 is 0 Å². The monoisotopic (exact) mass is 314 g/mol. The van der Waals surface area contributed by atoms with Crippen molar-refractivity contribution in [1.29, 1.82) is 0 Å². The van der Waals surface area contributed by atoms with Gasteiger partial charge in [-0.25, -0.2) is 0 Å². The third-order valence-corrected chi connectivity index (χ3v) is 6.31. The topological polar surface area (TPSA) is 75.7 Å². The van der Waals surface area contributed by atoms with Crippen molar-refractivity contribution in [3.63, 3.8) is 0 Å². The summed E-state index contributed by atoms with van der Waals surface area (Å²) in [6.07, 6.45) is 3.74. The highest BCUT2D eigenvalue weighted by Crippen LogP contribution is 2.69. The first-order valence-electron chi connectivity index (χ1n) is 8.38. The van der Waals surface area contributed by atoms with Crippen molar-refractivity contribution >= 4 is 11.6 Å². The molecule has 2 bridgehead atoms. The highest BCUT2D eigenvalue weighted by Gasteiger charge is 2.59. The predicted molar refractivity (Wildman–Crippen MR) is 90.5 cm³/mol. The zero-order valence-electron chi connectivity index (χ0n) is 14.2. The van der Waals surface area contributed by atoms with Gasteiger partial charge in [-0.3, -0.25) is 4.79 Å². The molecule has 0 saturated heterocycles. The fourth-order valence-electron chi connectivity index (χ4n) is 5.44. The maximum absolute atomic E-state index is 11.3. The zero-order valence-corrected chi connectivity index (χ0v) is 14.2. The van der Waals surface area contributed by atoms with Gasteiger partial charge in [-0.15, -0.1) is 0 Å². The van der Waals surface area contributed by atoms with Crippen LogP contribution < -0.4 is 5.73 Å². The van der Waals surface area contributed by atoms with Crippen molar-refractivity contribution in [2.45, 2.75) is 52.4 Å². The van der Waals surface area contributed by atoms with Gasteiger partial charge in [-0.2, -0.15) is 0 Å². The molecule has 0 heterocycles. The SMILES string of the molecule is CC12CCC(C1)C(C)(C)C2c1ccccc1C(CC(N)=O)=NO. The van der Waals surface area contributed by atoms with Crippen LogP contribution in [0.15, 0.2) is 29.4 Å². The second kappa shape index (κ2) is 5.36. The van der Waals surface area contributed by atoms with Crippen LogP contribution in [0.3, 0.4) is 0 Å². The molecular formula is C19H26N2O2. The molecule has 0 aromatic heterocycles. The minimum absolute atomic E-state index is 0.0409. The molecule has 2 fully saturated rings. The van der Waals surface area contributed by atoms with Gasteiger partial charge in [0.15, 0.2) is 0 Å². The fourth-order valence-corrected chi connectivity index (χ4v) is 5.44. The van der Waals surface area contributed by atoms with Gasteiger partial charge in [0.05, 0.1) is 12.1 Å². The third-order valence-electron chi connectivity index (χ3n) is 6.31. The number of carbonyl (C=O) groups excluding carboxylic acids is 1. The number of benzene rings is 1. The third kappa shape index (κ3) is 2.44. The van der Waals surface area contributed by atoms with Crippen LogP contribution in [0.25, 0.3) is 0 Å². The Bertz CT molecular complexity index is 660. The highest BCUT2D eigenvalue weighted by molar-refractivity contribution is 6.10. The largest absolute Gasteiger partial charge is 0.411 e. The molecule has 1 amide bonds. The van der Waals surface area contributed by atoms with Gasteiger partial charge in [0.2, 0.25) is 5.91 Å². The number of carbonyl (C=O) groups is 1. The number of hydrogen-bond acceptors (Lipinski definition) is 3. The number of primary amides is 1. The Hall–Kier alpha value is -1.84. The van der Waals surface area contributed by atoms with Gasteiger partial charge in [0.25, 0.3) is 0 Å². The van der Waals surface area contributed by atoms with Crippen molar-refractivity contribution < 1.29 is 10.0 Å². The highest BCUT2D eigenvalue weighted by atomic mass is 16.4. The minimum Gasteiger partial charge on any atom is -0.411 e. The van der Waals surface area contributed by atoms with Crippen LogP contribution in [0, 0.1) is 16.7 Å². The molecule has 2 aliphatic rings. The number of amides is 1. The Kier molecular flexibility index (Phi) is 3.74. The van der Waals surface area contributed by atoms with Crippen LogP contribution in [0.2, 0.25) is 0 Å². The lowest BCUT2D eigenvalue weighted by atomic mass is 9.60. The number of oxime groups is 1. The first-order chi connectivity index (χ1) is 10.8. The van der Waals surface area contributed by atoms with Crippen LogP contribution in [-0.4, -0.2) is 16.8 Å². The second-order valence-electron chi connectivity index (χ2n) is 8.13. The molecule has 2 saturated carbocycles. The van der Waals surface area contributed by atoms with Crippen LogP contribution >= 0.6 is 0 Å². The van der Waals surface area contributed by atoms with E-state index in [-0.39, 0.29) is 17.3 Å². The summed E-state index contributed by atoms with van der Waals surface area (Å²) < 4.78 is 0. The van der Waals surface area contributed by atoms with Crippen molar-refractivity contribution in [1.82, 2.24) is 0 Å². The molecule has 0 aliphatic heterocycles. The molecule has 1 aromatic rings. The summed E-state index contributed by atoms with van der Waals surface area (Å²) in [4.78, 5) is 11.3. The lowest BCUT2D eigenvalue weighted by molar-refractivity contribution is -0.116. The number of hydrogen-bond donors (Lipinski definition) is 2. The lowest BCUT2D eigenvalue weighted by Gasteiger charge is -2.44. The molecular weight excluding hydrogens is 288 g/mol. The molecule has 23 heavy (non-hydrogen) atoms. The van der Waals surface area contributed by atoms with E-state index in [1.165, 1.54) is 24.8 Å². The normalized spacial score (nSPS) is 32.2. The Labute approximate surface area is 137 Å². The van der Waals surface area contributed by atoms with E-state index in [0.717, 1.165) is 11.5 Å². The molecule has 3 atom stereocenters. The molecule has 4 nitrogen and oxygen atoms in total. The van der Waals surface area contributed by atoms with E-state index >= 15 is 0 Å². The Morgan fingerprint density at radius 1 is 1.35 bits per heavy atom. The molecule has 4 heteroatoms. The van der Waals surface area contributed by atoms with E-state index in [9.17, 15) is 10.0 Å². The summed E-state index contributed by atoms with van der Waals surface area (Å²) in [6, 6.07) is 8.02. The van der Waals surface area contributed by atoms with E-state index in [1.54, 1.807) is 0 Å². The van der Waals surface area contributed by atoms with E-state index in [1.807, 2.05) is 18.2 Å². The quantitative estimate of drug-likeness (QED) is 0.505. The van der Waals surface area contributed by atoms with E-state index < -0.39 is 5.91 Å². The number of rotatable bonds is 4. The maximum atomic E-state index is 11.3. The summed E-state index contributed by atoms with van der Waals surface area (Å²) in [6.45, 7) is 7.09. The smallest absolute Gasteiger partial charge is 0.223 e. The van der Waals surface area contributed by atoms with Gasteiger partial charge < -0.3 is 10.9 Å². The minimum atomic E-state index is -0.481. The van der Waals surface area contributed by atoms with Crippen molar-refractivity contribution in [3.05, 3.63) is 35.4 Å². The van der Waals surface area contributed by atoms with Crippen molar-refractivity contribution in [2.24, 2.45) is 27.6 Å². The molecule has 3 rings (SSSR count). The molecule has 2 aliphatic carbocycles. The summed E-state index contributed by atoms with van der Waals surface area (Å²) in [7, 11) is 0. The molecule has 3 N–H and O–H groups in total. The fraction of sp³-hybridized carbons (Fsp3) is 0.579. The molecule has 0 radical (unpaired) electrons. The molecule has 3 unspecified atom stereocenters. The van der Waals surface area contributed by atoms with E-state index in [4.69, 9.17) is 5.73 Å². The number of nitrogens with zero attached hydrogens (tertiary/aromatic N) is 1. The van der Waals surface area contributed by atoms with E-state index in [0.29, 0.717) is 11.6 Å². The van der Waals surface area contributed by atoms with Crippen LogP contribution in [-0.2, 0) is 4.79 Å². The zero-order chi connectivity index (χ0) is 16.8. The Morgan fingerprint density at radius 2 is 2.04 bits per heavy atom. The van der Waals surface area contributed by atoms with Crippen LogP contribution in [0.5, 0.6) is 0 Å². The number of fused-ring (bicyclic) bond motifs is 2. The van der Waals surface area contributed by atoms with E-state index in [2.05, 4.69) is 32.0 Å². The van der Waals surface area contributed by atoms with Crippen LogP contribution in [0.4, 0.5) is 0 Å². The number of nitrogens with two attached hydrogens (primary N) is 1. The first-order valence-corrected chi connectivity index (χ1v) is 8.38. The summed E-state index contributed by atoms with van der Waals surface area (Å²) in [5, 5.41) is 12.8. The Morgan fingerprint density at radius 3 is 2.61 bits per heavy atom. The van der Waals surface area contributed by atoms with Gasteiger partial charge in [0, 0.05) is 5.56 Å². The van der Waals surface area contributed by atoms with Crippen molar-refractivity contribution in [2.75, 3.05) is 0 Å². The van der Waals surface area contributed by atoms with Gasteiger partial charge in [-0.1, -0.05) is 50.2 Å². The average molecular weight is 314 g/mol.